The van der Waals surface area contributed by atoms with E-state index in [2.05, 4.69) is 0 Å². The molecule has 0 amide bonds. The number of hydrogen-bond acceptors (Lipinski definition) is 3. The maximum atomic E-state index is 8.25. The number of nitrogens with zero attached hydrogens (tertiary/aromatic N) is 1. The summed E-state index contributed by atoms with van der Waals surface area (Å²) in [4.78, 5) is 8.25. The Bertz CT molecular complexity index is 33.8. The van der Waals surface area contributed by atoms with Gasteiger partial charge in [0.1, 0.15) is 0 Å². The third kappa shape index (κ3) is 182. The summed E-state index contributed by atoms with van der Waals surface area (Å²) in [6.45, 7) is 0. The van der Waals surface area contributed by atoms with Crippen LogP contribution < -0.4 is 18.9 Å². The summed E-state index contributed by atoms with van der Waals surface area (Å²) < 4.78 is 0. The van der Waals surface area contributed by atoms with Gasteiger partial charge in [-0.25, -0.2) is 0 Å². The molecule has 0 aromatic rings. The summed E-state index contributed by atoms with van der Waals surface area (Å²) in [5.41, 5.74) is 0. The average molecular weight is 93.2 g/mol. The molecule has 6 heavy (non-hydrogen) atoms. The molecule has 0 aliphatic rings. The molecule has 0 aromatic carbocycles. The largest absolute Gasteiger partial charge is 2.00 e. The topological polar surface area (TPSA) is 66.2 Å². The zero-order valence-corrected chi connectivity index (χ0v) is 4.79. The quantitative estimate of drug-likeness (QED) is 0.176. The van der Waals surface area contributed by atoms with E-state index in [9.17, 15) is 0 Å². The van der Waals surface area contributed by atoms with Crippen molar-refractivity contribution in [1.82, 2.24) is 0 Å². The van der Waals surface area contributed by atoms with Gasteiger partial charge in [-0.05, 0) is 0 Å². The molecular formula is LiMgNO3+2. The first-order valence-electron chi connectivity index (χ1n) is 0.548. The second-order valence-electron chi connectivity index (χ2n) is 0.224. The van der Waals surface area contributed by atoms with Gasteiger partial charge in [-0.15, -0.1) is 0 Å². The first-order valence-corrected chi connectivity index (χ1v) is 0.548. The molecule has 0 aromatic heterocycles. The van der Waals surface area contributed by atoms with E-state index in [-0.39, 0.29) is 41.9 Å². The molecule has 0 N–H and O–H groups in total. The summed E-state index contributed by atoms with van der Waals surface area (Å²) in [5.74, 6) is 0. The molecule has 4 nitrogen and oxygen atoms in total. The molecule has 0 bridgehead atoms. The van der Waals surface area contributed by atoms with Gasteiger partial charge < -0.3 is 15.3 Å². The molecule has 0 saturated carbocycles. The smallest absolute Gasteiger partial charge is 0.356 e. The summed E-state index contributed by atoms with van der Waals surface area (Å²) in [5, 5.41) is 14.8. The minimum atomic E-state index is -1.75. The molecular weight excluding hydrogens is 93.2 g/mol. The SMILES string of the molecule is O=[N+]([O-])[O-].[Li+].[Mg+2]. The summed E-state index contributed by atoms with van der Waals surface area (Å²) in [6, 6.07) is 0. The van der Waals surface area contributed by atoms with E-state index in [1.165, 1.54) is 0 Å². The van der Waals surface area contributed by atoms with Crippen LogP contribution in [0.3, 0.4) is 0 Å². The van der Waals surface area contributed by atoms with Crippen molar-refractivity contribution < 1.29 is 23.9 Å². The second-order valence-corrected chi connectivity index (χ2v) is 0.224. The van der Waals surface area contributed by atoms with Gasteiger partial charge in [0, 0.05) is 0 Å². The van der Waals surface area contributed by atoms with Crippen molar-refractivity contribution in [2.24, 2.45) is 0 Å². The van der Waals surface area contributed by atoms with Crippen molar-refractivity contribution in [3.63, 3.8) is 0 Å². The van der Waals surface area contributed by atoms with Gasteiger partial charge in [0.25, 0.3) is 0 Å². The predicted octanol–water partition coefficient (Wildman–Crippen LogP) is -3.62. The Morgan fingerprint density at radius 3 is 1.33 bits per heavy atom. The zero-order chi connectivity index (χ0) is 3.58. The Balaban J connectivity index is -0.0000000450. The molecule has 0 rings (SSSR count). The van der Waals surface area contributed by atoms with Gasteiger partial charge in [0.05, 0.1) is 5.09 Å². The Morgan fingerprint density at radius 1 is 1.33 bits per heavy atom. The Morgan fingerprint density at radius 2 is 1.33 bits per heavy atom. The van der Waals surface area contributed by atoms with Crippen LogP contribution in [0.4, 0.5) is 0 Å². The van der Waals surface area contributed by atoms with Crippen LogP contribution in [0.2, 0.25) is 0 Å². The van der Waals surface area contributed by atoms with Gasteiger partial charge in [0.2, 0.25) is 0 Å². The van der Waals surface area contributed by atoms with E-state index in [4.69, 9.17) is 15.3 Å². The fraction of sp³-hybridized carbons (Fsp3) is 0. The number of rotatable bonds is 0. The predicted molar refractivity (Wildman–Crippen MR) is 16.1 cm³/mol. The molecule has 0 spiro atoms. The van der Waals surface area contributed by atoms with Gasteiger partial charge >= 0.3 is 41.9 Å². The molecule has 0 unspecified atom stereocenters. The molecule has 0 saturated heterocycles. The molecule has 0 heterocycles. The van der Waals surface area contributed by atoms with Crippen molar-refractivity contribution >= 4 is 23.1 Å². The monoisotopic (exact) mass is 93.0 g/mol. The van der Waals surface area contributed by atoms with Gasteiger partial charge in [-0.2, -0.15) is 0 Å². The van der Waals surface area contributed by atoms with Crippen molar-refractivity contribution in [2.75, 3.05) is 0 Å². The van der Waals surface area contributed by atoms with Crippen LogP contribution in [-0.4, -0.2) is 28.1 Å². The van der Waals surface area contributed by atoms with E-state index in [0.29, 0.717) is 0 Å². The van der Waals surface area contributed by atoms with Crippen molar-refractivity contribution in [2.45, 2.75) is 0 Å². The minimum Gasteiger partial charge on any atom is -0.356 e. The van der Waals surface area contributed by atoms with E-state index in [1.807, 2.05) is 0 Å². The van der Waals surface area contributed by atoms with Gasteiger partial charge in [0.15, 0.2) is 0 Å². The normalized spacial score (nSPS) is 4.00. The van der Waals surface area contributed by atoms with E-state index < -0.39 is 5.09 Å². The molecule has 24 valence electrons. The van der Waals surface area contributed by atoms with E-state index in [1.54, 1.807) is 0 Å². The molecule has 0 aliphatic carbocycles. The first kappa shape index (κ1) is 16.0. The standard InChI is InChI=1S/Li.Mg.NO3/c;;2-1(3)4/q+1;+2;-1. The van der Waals surface area contributed by atoms with Crippen LogP contribution >= 0.6 is 0 Å². The summed E-state index contributed by atoms with van der Waals surface area (Å²) in [7, 11) is 0. The Kier molecular flexibility index (Phi) is 24.3. The van der Waals surface area contributed by atoms with Crippen LogP contribution in [-0.2, 0) is 0 Å². The third-order valence-electron chi connectivity index (χ3n) is 0. The number of hydrogen-bond donors (Lipinski definition) is 0. The van der Waals surface area contributed by atoms with E-state index in [0.717, 1.165) is 0 Å². The average Bonchev–Trinajstić information content (AvgIpc) is 0.811. The van der Waals surface area contributed by atoms with Crippen molar-refractivity contribution in [1.29, 1.82) is 0 Å². The maximum absolute atomic E-state index is 8.25. The first-order chi connectivity index (χ1) is 1.73. The summed E-state index contributed by atoms with van der Waals surface area (Å²) >= 11 is 0. The van der Waals surface area contributed by atoms with Crippen LogP contribution in [0, 0.1) is 15.3 Å². The third-order valence-corrected chi connectivity index (χ3v) is 0. The maximum Gasteiger partial charge on any atom is 2.00 e. The van der Waals surface area contributed by atoms with Gasteiger partial charge in [-0.1, -0.05) is 0 Å². The van der Waals surface area contributed by atoms with Crippen LogP contribution in [0.15, 0.2) is 0 Å². The fourth-order valence-corrected chi connectivity index (χ4v) is 0. The second kappa shape index (κ2) is 9.12. The molecule has 6 heteroatoms. The van der Waals surface area contributed by atoms with Crippen LogP contribution in [0.1, 0.15) is 0 Å². The van der Waals surface area contributed by atoms with E-state index >= 15 is 0 Å². The Hall–Kier alpha value is 0.564. The molecule has 0 atom stereocenters. The minimum absolute atomic E-state index is 0. The fourth-order valence-electron chi connectivity index (χ4n) is 0. The van der Waals surface area contributed by atoms with Crippen molar-refractivity contribution in [3.05, 3.63) is 15.3 Å². The van der Waals surface area contributed by atoms with Gasteiger partial charge in [-0.3, -0.25) is 0 Å². The zero-order valence-electron chi connectivity index (χ0n) is 3.38. The van der Waals surface area contributed by atoms with Crippen LogP contribution in [0.25, 0.3) is 0 Å². The molecule has 0 fully saturated rings. The molecule has 0 aliphatic heterocycles. The van der Waals surface area contributed by atoms with Crippen LogP contribution in [0.5, 0.6) is 0 Å². The Labute approximate surface area is 62.3 Å². The molecule has 0 radical (unpaired) electrons. The summed E-state index contributed by atoms with van der Waals surface area (Å²) in [6.07, 6.45) is 0. The van der Waals surface area contributed by atoms with Crippen molar-refractivity contribution in [3.8, 4) is 0 Å².